The van der Waals surface area contributed by atoms with Crippen molar-refractivity contribution in [2.75, 3.05) is 0 Å². The minimum Gasteiger partial charge on any atom is -0.487 e. The molecule has 2 atom stereocenters. The number of carbonyl (C=O) groups excluding carboxylic acids is 1. The van der Waals surface area contributed by atoms with Gasteiger partial charge in [0.2, 0.25) is 0 Å². The van der Waals surface area contributed by atoms with Crippen molar-refractivity contribution in [2.24, 2.45) is 5.73 Å². The first kappa shape index (κ1) is 13.1. The molecular formula is C11H14INO3. The van der Waals surface area contributed by atoms with Gasteiger partial charge in [0.25, 0.3) is 0 Å². The van der Waals surface area contributed by atoms with Crippen LogP contribution in [-0.4, -0.2) is 18.3 Å². The summed E-state index contributed by atoms with van der Waals surface area (Å²) < 4.78 is 11.6. The number of benzene rings is 1. The third-order valence-electron chi connectivity index (χ3n) is 2.10. The maximum Gasteiger partial charge on any atom is 0.404 e. The van der Waals surface area contributed by atoms with Crippen LogP contribution in [0.3, 0.4) is 0 Å². The molecule has 0 heterocycles. The third-order valence-corrected chi connectivity index (χ3v) is 2.82. The van der Waals surface area contributed by atoms with E-state index < -0.39 is 6.09 Å². The summed E-state index contributed by atoms with van der Waals surface area (Å²) in [6.45, 7) is 3.56. The van der Waals surface area contributed by atoms with Crippen LogP contribution in [0, 0.1) is 3.57 Å². The smallest absolute Gasteiger partial charge is 0.404 e. The summed E-state index contributed by atoms with van der Waals surface area (Å²) in [5.41, 5.74) is 4.93. The van der Waals surface area contributed by atoms with Crippen LogP contribution in [0.4, 0.5) is 4.79 Å². The second-order valence-corrected chi connectivity index (χ2v) is 4.66. The number of hydrogen-bond acceptors (Lipinski definition) is 3. The molecule has 0 aromatic heterocycles. The third kappa shape index (κ3) is 4.26. The summed E-state index contributed by atoms with van der Waals surface area (Å²) in [7, 11) is 0. The standard InChI is InChI=1S/C11H14INO3/c1-7(8(2)16-11(13)14)15-10-5-3-9(12)4-6-10/h3-8H,1-2H3,(H2,13,14). The molecule has 1 amide bonds. The molecule has 5 heteroatoms. The lowest BCUT2D eigenvalue weighted by Crippen LogP contribution is -2.32. The normalized spacial score (nSPS) is 13.9. The van der Waals surface area contributed by atoms with Crippen LogP contribution in [0.5, 0.6) is 5.75 Å². The monoisotopic (exact) mass is 335 g/mol. The topological polar surface area (TPSA) is 61.5 Å². The largest absolute Gasteiger partial charge is 0.487 e. The molecule has 0 aliphatic heterocycles. The van der Waals surface area contributed by atoms with Gasteiger partial charge in [-0.1, -0.05) is 0 Å². The molecule has 0 aliphatic rings. The molecule has 0 aliphatic carbocycles. The van der Waals surface area contributed by atoms with Gasteiger partial charge in [-0.05, 0) is 60.7 Å². The van der Waals surface area contributed by atoms with Crippen molar-refractivity contribution < 1.29 is 14.3 Å². The van der Waals surface area contributed by atoms with Gasteiger partial charge in [0, 0.05) is 3.57 Å². The Labute approximate surface area is 108 Å². The highest BCUT2D eigenvalue weighted by Crippen LogP contribution is 2.16. The number of hydrogen-bond donors (Lipinski definition) is 1. The summed E-state index contributed by atoms with van der Waals surface area (Å²) in [5.74, 6) is 0.743. The molecule has 0 saturated carbocycles. The number of halogens is 1. The Kier molecular flexibility index (Phi) is 4.85. The Hall–Kier alpha value is -0.980. The summed E-state index contributed by atoms with van der Waals surface area (Å²) in [6, 6.07) is 7.63. The minimum absolute atomic E-state index is 0.243. The van der Waals surface area contributed by atoms with E-state index in [9.17, 15) is 4.79 Å². The van der Waals surface area contributed by atoms with Gasteiger partial charge in [-0.25, -0.2) is 4.79 Å². The average molecular weight is 335 g/mol. The van der Waals surface area contributed by atoms with Crippen molar-refractivity contribution in [2.45, 2.75) is 26.1 Å². The van der Waals surface area contributed by atoms with E-state index in [1.165, 1.54) is 0 Å². The highest BCUT2D eigenvalue weighted by atomic mass is 127. The number of nitrogens with two attached hydrogens (primary N) is 1. The Bertz CT molecular complexity index is 353. The van der Waals surface area contributed by atoms with E-state index in [1.807, 2.05) is 31.2 Å². The van der Waals surface area contributed by atoms with Gasteiger partial charge in [0.1, 0.15) is 18.0 Å². The molecule has 1 rings (SSSR count). The Morgan fingerprint density at radius 3 is 2.31 bits per heavy atom. The molecule has 1 aromatic carbocycles. The maximum atomic E-state index is 10.6. The zero-order valence-corrected chi connectivity index (χ0v) is 11.3. The van der Waals surface area contributed by atoms with Gasteiger partial charge < -0.3 is 15.2 Å². The van der Waals surface area contributed by atoms with Crippen LogP contribution < -0.4 is 10.5 Å². The fourth-order valence-electron chi connectivity index (χ4n) is 1.10. The predicted molar refractivity (Wildman–Crippen MR) is 69.4 cm³/mol. The van der Waals surface area contributed by atoms with Crippen LogP contribution in [0.25, 0.3) is 0 Å². The first-order chi connectivity index (χ1) is 7.49. The highest BCUT2D eigenvalue weighted by molar-refractivity contribution is 14.1. The lowest BCUT2D eigenvalue weighted by atomic mass is 10.2. The van der Waals surface area contributed by atoms with Gasteiger partial charge in [-0.2, -0.15) is 0 Å². The molecular weight excluding hydrogens is 321 g/mol. The molecule has 0 fully saturated rings. The molecule has 0 spiro atoms. The quantitative estimate of drug-likeness (QED) is 0.860. The SMILES string of the molecule is CC(OC(N)=O)C(C)Oc1ccc(I)cc1. The first-order valence-corrected chi connectivity index (χ1v) is 5.95. The first-order valence-electron chi connectivity index (χ1n) is 4.87. The molecule has 16 heavy (non-hydrogen) atoms. The number of carbonyl (C=O) groups is 1. The average Bonchev–Trinajstić information content (AvgIpc) is 2.20. The lowest BCUT2D eigenvalue weighted by molar-refractivity contribution is 0.0395. The van der Waals surface area contributed by atoms with Crippen molar-refractivity contribution in [3.8, 4) is 5.75 Å². The molecule has 1 aromatic rings. The van der Waals surface area contributed by atoms with Crippen LogP contribution >= 0.6 is 22.6 Å². The number of rotatable bonds is 4. The number of ether oxygens (including phenoxy) is 2. The Balaban J connectivity index is 2.53. The summed E-state index contributed by atoms with van der Waals surface area (Å²) in [6.07, 6.45) is -1.41. The Morgan fingerprint density at radius 2 is 1.81 bits per heavy atom. The van der Waals surface area contributed by atoms with Crippen LogP contribution in [-0.2, 0) is 4.74 Å². The molecule has 2 N–H and O–H groups in total. The summed E-state index contributed by atoms with van der Waals surface area (Å²) in [5, 5.41) is 0. The van der Waals surface area contributed by atoms with E-state index in [1.54, 1.807) is 6.92 Å². The second kappa shape index (κ2) is 5.93. The number of primary amides is 1. The maximum absolute atomic E-state index is 10.6. The van der Waals surface area contributed by atoms with Gasteiger partial charge in [-0.3, -0.25) is 0 Å². The van der Waals surface area contributed by atoms with E-state index >= 15 is 0 Å². The molecule has 2 unspecified atom stereocenters. The van der Waals surface area contributed by atoms with Gasteiger partial charge in [0.05, 0.1) is 0 Å². The van der Waals surface area contributed by atoms with E-state index in [0.29, 0.717) is 0 Å². The minimum atomic E-state index is -0.787. The van der Waals surface area contributed by atoms with Crippen molar-refractivity contribution >= 4 is 28.7 Å². The Morgan fingerprint density at radius 1 is 1.25 bits per heavy atom. The van der Waals surface area contributed by atoms with Crippen molar-refractivity contribution in [3.63, 3.8) is 0 Å². The van der Waals surface area contributed by atoms with Crippen molar-refractivity contribution in [1.29, 1.82) is 0 Å². The number of amides is 1. The van der Waals surface area contributed by atoms with E-state index in [-0.39, 0.29) is 12.2 Å². The molecule has 0 bridgehead atoms. The lowest BCUT2D eigenvalue weighted by Gasteiger charge is -2.20. The van der Waals surface area contributed by atoms with E-state index in [4.69, 9.17) is 15.2 Å². The van der Waals surface area contributed by atoms with Gasteiger partial charge >= 0.3 is 6.09 Å². The predicted octanol–water partition coefficient (Wildman–Crippen LogP) is 2.54. The van der Waals surface area contributed by atoms with E-state index in [2.05, 4.69) is 22.6 Å². The zero-order valence-electron chi connectivity index (χ0n) is 9.14. The van der Waals surface area contributed by atoms with Crippen LogP contribution in [0.2, 0.25) is 0 Å². The zero-order chi connectivity index (χ0) is 12.1. The fraction of sp³-hybridized carbons (Fsp3) is 0.364. The van der Waals surface area contributed by atoms with Crippen molar-refractivity contribution in [1.82, 2.24) is 0 Å². The highest BCUT2D eigenvalue weighted by Gasteiger charge is 2.16. The van der Waals surface area contributed by atoms with E-state index in [0.717, 1.165) is 9.32 Å². The fourth-order valence-corrected chi connectivity index (χ4v) is 1.46. The second-order valence-electron chi connectivity index (χ2n) is 3.42. The summed E-state index contributed by atoms with van der Waals surface area (Å²) >= 11 is 2.22. The van der Waals surface area contributed by atoms with Gasteiger partial charge in [-0.15, -0.1) is 0 Å². The molecule has 4 nitrogen and oxygen atoms in total. The van der Waals surface area contributed by atoms with Crippen LogP contribution in [0.1, 0.15) is 13.8 Å². The van der Waals surface area contributed by atoms with Gasteiger partial charge in [0.15, 0.2) is 0 Å². The van der Waals surface area contributed by atoms with Crippen molar-refractivity contribution in [3.05, 3.63) is 27.8 Å². The molecule has 0 radical (unpaired) electrons. The summed E-state index contributed by atoms with van der Waals surface area (Å²) in [4.78, 5) is 10.6. The molecule has 0 saturated heterocycles. The van der Waals surface area contributed by atoms with Crippen LogP contribution in [0.15, 0.2) is 24.3 Å². The molecule has 88 valence electrons.